The minimum atomic E-state index is -3.35. The number of ether oxygens (including phenoxy) is 1. The van der Waals surface area contributed by atoms with Crippen molar-refractivity contribution in [3.05, 3.63) is 0 Å². The molecular formula is C9H18O4S. The number of hydrogen-bond acceptors (Lipinski definition) is 4. The monoisotopic (exact) mass is 222 g/mol. The fraction of sp³-hybridized carbons (Fsp3) is 1.00. The molecule has 1 heterocycles. The van der Waals surface area contributed by atoms with E-state index in [0.717, 1.165) is 6.42 Å². The summed E-state index contributed by atoms with van der Waals surface area (Å²) in [4.78, 5) is 0. The van der Waals surface area contributed by atoms with Crippen LogP contribution in [0, 0.1) is 0 Å². The van der Waals surface area contributed by atoms with Crippen LogP contribution in [0.1, 0.15) is 33.1 Å². The molecular weight excluding hydrogens is 204 g/mol. The van der Waals surface area contributed by atoms with Crippen LogP contribution in [0.2, 0.25) is 0 Å². The highest BCUT2D eigenvalue weighted by molar-refractivity contribution is 7.86. The van der Waals surface area contributed by atoms with Crippen molar-refractivity contribution in [1.82, 2.24) is 0 Å². The summed E-state index contributed by atoms with van der Waals surface area (Å²) in [5.74, 6) is 0.0373. The third kappa shape index (κ3) is 2.93. The van der Waals surface area contributed by atoms with Crippen molar-refractivity contribution in [2.75, 3.05) is 19.0 Å². The van der Waals surface area contributed by atoms with E-state index in [0.29, 0.717) is 26.1 Å². The first-order valence-corrected chi connectivity index (χ1v) is 6.62. The number of rotatable bonds is 4. The van der Waals surface area contributed by atoms with Gasteiger partial charge in [-0.2, -0.15) is 8.42 Å². The lowest BCUT2D eigenvalue weighted by atomic mass is 9.92. The van der Waals surface area contributed by atoms with Crippen molar-refractivity contribution < 1.29 is 17.3 Å². The van der Waals surface area contributed by atoms with E-state index < -0.39 is 15.7 Å². The van der Waals surface area contributed by atoms with Crippen LogP contribution in [0.4, 0.5) is 0 Å². The summed E-state index contributed by atoms with van der Waals surface area (Å²) in [6.07, 6.45) is 2.06. The van der Waals surface area contributed by atoms with Gasteiger partial charge in [0.1, 0.15) is 0 Å². The predicted molar refractivity (Wildman–Crippen MR) is 53.6 cm³/mol. The molecule has 0 unspecified atom stereocenters. The standard InChI is InChI=1S/C9H18O4S/c1-3-9(5-7-12-8-6-9)13-14(10,11)4-2/h3-8H2,1-2H3. The fourth-order valence-electron chi connectivity index (χ4n) is 1.57. The Morgan fingerprint density at radius 3 is 2.29 bits per heavy atom. The molecule has 0 amide bonds. The molecule has 84 valence electrons. The fourth-order valence-corrected chi connectivity index (χ4v) is 2.51. The first-order chi connectivity index (χ1) is 6.54. The van der Waals surface area contributed by atoms with E-state index in [9.17, 15) is 8.42 Å². The van der Waals surface area contributed by atoms with Crippen LogP contribution in [0.15, 0.2) is 0 Å². The quantitative estimate of drug-likeness (QED) is 0.673. The average molecular weight is 222 g/mol. The second-order valence-corrected chi connectivity index (χ2v) is 5.44. The summed E-state index contributed by atoms with van der Waals surface area (Å²) >= 11 is 0. The van der Waals surface area contributed by atoms with Gasteiger partial charge in [-0.1, -0.05) is 6.92 Å². The molecule has 1 saturated heterocycles. The van der Waals surface area contributed by atoms with E-state index in [1.165, 1.54) is 0 Å². The smallest absolute Gasteiger partial charge is 0.267 e. The molecule has 5 heteroatoms. The van der Waals surface area contributed by atoms with Gasteiger partial charge >= 0.3 is 0 Å². The lowest BCUT2D eigenvalue weighted by Gasteiger charge is -2.35. The molecule has 0 spiro atoms. The molecule has 14 heavy (non-hydrogen) atoms. The van der Waals surface area contributed by atoms with E-state index in [4.69, 9.17) is 8.92 Å². The van der Waals surface area contributed by atoms with Gasteiger partial charge < -0.3 is 4.74 Å². The van der Waals surface area contributed by atoms with Crippen LogP contribution < -0.4 is 0 Å². The molecule has 1 fully saturated rings. The Labute approximate surface area is 85.7 Å². The zero-order valence-corrected chi connectivity index (χ0v) is 9.60. The third-order valence-electron chi connectivity index (χ3n) is 2.71. The Kier molecular flexibility index (Phi) is 3.92. The van der Waals surface area contributed by atoms with Crippen molar-refractivity contribution in [2.45, 2.75) is 38.7 Å². The van der Waals surface area contributed by atoms with E-state index >= 15 is 0 Å². The molecule has 0 saturated carbocycles. The summed E-state index contributed by atoms with van der Waals surface area (Å²) in [6.45, 7) is 4.73. The normalized spacial score (nSPS) is 22.1. The lowest BCUT2D eigenvalue weighted by molar-refractivity contribution is -0.0439. The Bertz CT molecular complexity index is 265. The van der Waals surface area contributed by atoms with Crippen LogP contribution in [-0.2, 0) is 19.0 Å². The van der Waals surface area contributed by atoms with E-state index in [1.807, 2.05) is 6.92 Å². The maximum atomic E-state index is 11.4. The molecule has 0 aromatic heterocycles. The Hall–Kier alpha value is -0.130. The second kappa shape index (κ2) is 4.59. The van der Waals surface area contributed by atoms with Gasteiger partial charge in [0.2, 0.25) is 0 Å². The topological polar surface area (TPSA) is 52.6 Å². The van der Waals surface area contributed by atoms with Crippen molar-refractivity contribution >= 4 is 10.1 Å². The predicted octanol–water partition coefficient (Wildman–Crippen LogP) is 1.31. The molecule has 0 aromatic carbocycles. The van der Waals surface area contributed by atoms with Crippen molar-refractivity contribution in [3.8, 4) is 0 Å². The van der Waals surface area contributed by atoms with Gasteiger partial charge in [-0.3, -0.25) is 4.18 Å². The zero-order valence-electron chi connectivity index (χ0n) is 8.78. The second-order valence-electron chi connectivity index (χ2n) is 3.58. The minimum absolute atomic E-state index is 0.0373. The largest absolute Gasteiger partial charge is 0.381 e. The molecule has 1 aliphatic rings. The highest BCUT2D eigenvalue weighted by atomic mass is 32.2. The van der Waals surface area contributed by atoms with Crippen molar-refractivity contribution in [3.63, 3.8) is 0 Å². The average Bonchev–Trinajstić information content (AvgIpc) is 2.19. The van der Waals surface area contributed by atoms with E-state index in [1.54, 1.807) is 6.92 Å². The third-order valence-corrected chi connectivity index (χ3v) is 4.02. The molecule has 1 rings (SSSR count). The highest BCUT2D eigenvalue weighted by Gasteiger charge is 2.35. The van der Waals surface area contributed by atoms with Crippen LogP contribution in [0.5, 0.6) is 0 Å². The zero-order chi connectivity index (χ0) is 10.7. The molecule has 0 aliphatic carbocycles. The van der Waals surface area contributed by atoms with Gasteiger partial charge in [0.05, 0.1) is 11.4 Å². The highest BCUT2D eigenvalue weighted by Crippen LogP contribution is 2.30. The number of hydrogen-bond donors (Lipinski definition) is 0. The molecule has 4 nitrogen and oxygen atoms in total. The maximum Gasteiger partial charge on any atom is 0.267 e. The molecule has 0 aromatic rings. The van der Waals surface area contributed by atoms with Gasteiger partial charge in [0, 0.05) is 26.1 Å². The Morgan fingerprint density at radius 1 is 1.29 bits per heavy atom. The summed E-state index contributed by atoms with van der Waals surface area (Å²) < 4.78 is 33.2. The molecule has 0 N–H and O–H groups in total. The maximum absolute atomic E-state index is 11.4. The van der Waals surface area contributed by atoms with Crippen LogP contribution in [0.3, 0.4) is 0 Å². The molecule has 0 bridgehead atoms. The van der Waals surface area contributed by atoms with Crippen LogP contribution in [0.25, 0.3) is 0 Å². The Morgan fingerprint density at radius 2 is 1.86 bits per heavy atom. The van der Waals surface area contributed by atoms with Crippen molar-refractivity contribution in [1.29, 1.82) is 0 Å². The molecule has 0 atom stereocenters. The summed E-state index contributed by atoms with van der Waals surface area (Å²) in [5, 5.41) is 0. The van der Waals surface area contributed by atoms with Gasteiger partial charge in [-0.05, 0) is 13.3 Å². The summed E-state index contributed by atoms with van der Waals surface area (Å²) in [5.41, 5.74) is -0.507. The first kappa shape index (κ1) is 11.9. The minimum Gasteiger partial charge on any atom is -0.381 e. The molecule has 0 radical (unpaired) electrons. The van der Waals surface area contributed by atoms with Gasteiger partial charge in [-0.15, -0.1) is 0 Å². The first-order valence-electron chi connectivity index (χ1n) is 5.05. The Balaban J connectivity index is 2.70. The SMILES string of the molecule is CCC1(OS(=O)(=O)CC)CCOCC1. The van der Waals surface area contributed by atoms with E-state index in [2.05, 4.69) is 0 Å². The molecule has 1 aliphatic heterocycles. The summed E-state index contributed by atoms with van der Waals surface area (Å²) in [7, 11) is -3.35. The van der Waals surface area contributed by atoms with E-state index in [-0.39, 0.29) is 5.75 Å². The van der Waals surface area contributed by atoms with Crippen LogP contribution in [-0.4, -0.2) is 33.0 Å². The van der Waals surface area contributed by atoms with Crippen molar-refractivity contribution in [2.24, 2.45) is 0 Å². The van der Waals surface area contributed by atoms with Crippen LogP contribution >= 0.6 is 0 Å². The van der Waals surface area contributed by atoms with Gasteiger partial charge in [-0.25, -0.2) is 0 Å². The lowest BCUT2D eigenvalue weighted by Crippen LogP contribution is -2.40. The van der Waals surface area contributed by atoms with Gasteiger partial charge in [0.25, 0.3) is 10.1 Å². The summed E-state index contributed by atoms with van der Waals surface area (Å²) in [6, 6.07) is 0. The van der Waals surface area contributed by atoms with Gasteiger partial charge in [0.15, 0.2) is 0 Å².